The number of carbonyl (C=O) groups excluding carboxylic acids is 1. The van der Waals surface area contributed by atoms with Gasteiger partial charge in [-0.3, -0.25) is 4.79 Å². The lowest BCUT2D eigenvalue weighted by atomic mass is 10.1. The maximum absolute atomic E-state index is 13.8. The molecule has 0 radical (unpaired) electrons. The Morgan fingerprint density at radius 1 is 1.60 bits per heavy atom. The van der Waals surface area contributed by atoms with Crippen LogP contribution in [0.3, 0.4) is 0 Å². The Morgan fingerprint density at radius 2 is 2.40 bits per heavy atom. The molecular weight excluding hydrogens is 261 g/mol. The van der Waals surface area contributed by atoms with E-state index in [2.05, 4.69) is 5.32 Å². The number of anilines is 1. The molecule has 1 heterocycles. The van der Waals surface area contributed by atoms with E-state index in [1.165, 1.54) is 6.07 Å². The van der Waals surface area contributed by atoms with Gasteiger partial charge >= 0.3 is 0 Å². The van der Waals surface area contributed by atoms with Crippen LogP contribution in [0.25, 0.3) is 0 Å². The molecule has 1 aromatic carbocycles. The van der Waals surface area contributed by atoms with Crippen molar-refractivity contribution in [3.05, 3.63) is 29.6 Å². The summed E-state index contributed by atoms with van der Waals surface area (Å²) in [6.07, 6.45) is 0. The average molecular weight is 281 g/mol. The monoisotopic (exact) mass is 281 g/mol. The summed E-state index contributed by atoms with van der Waals surface area (Å²) < 4.78 is 19.2. The fourth-order valence-electron chi connectivity index (χ4n) is 2.42. The Labute approximate surface area is 117 Å². The summed E-state index contributed by atoms with van der Waals surface area (Å²) in [5.74, 6) is -0.453. The molecule has 1 amide bonds. The summed E-state index contributed by atoms with van der Waals surface area (Å²) in [7, 11) is 0. The van der Waals surface area contributed by atoms with E-state index in [1.54, 1.807) is 12.1 Å². The van der Waals surface area contributed by atoms with Crippen molar-refractivity contribution in [3.63, 3.8) is 0 Å². The summed E-state index contributed by atoms with van der Waals surface area (Å²) in [5, 5.41) is 2.78. The van der Waals surface area contributed by atoms with Gasteiger partial charge in [0.25, 0.3) is 0 Å². The van der Waals surface area contributed by atoms with Crippen molar-refractivity contribution in [1.29, 1.82) is 0 Å². The number of carbonyl (C=O) groups is 1. The first-order valence-corrected chi connectivity index (χ1v) is 6.78. The zero-order chi connectivity index (χ0) is 14.5. The fraction of sp³-hybridized carbons (Fsp3) is 0.500. The van der Waals surface area contributed by atoms with Crippen LogP contribution in [0.5, 0.6) is 0 Å². The number of hydrogen-bond donors (Lipinski definition) is 2. The van der Waals surface area contributed by atoms with Crippen molar-refractivity contribution in [1.82, 2.24) is 5.32 Å². The number of nitrogens with zero attached hydrogens (tertiary/aromatic N) is 1. The molecule has 0 aromatic heterocycles. The van der Waals surface area contributed by atoms with Gasteiger partial charge in [-0.2, -0.15) is 0 Å². The number of ether oxygens (including phenoxy) is 1. The van der Waals surface area contributed by atoms with Crippen molar-refractivity contribution in [2.45, 2.75) is 19.5 Å². The number of benzene rings is 1. The van der Waals surface area contributed by atoms with Crippen LogP contribution in [-0.2, 0) is 16.1 Å². The van der Waals surface area contributed by atoms with Crippen LogP contribution < -0.4 is 16.0 Å². The normalized spacial score (nSPS) is 18.9. The fourth-order valence-corrected chi connectivity index (χ4v) is 2.42. The van der Waals surface area contributed by atoms with Gasteiger partial charge in [-0.25, -0.2) is 4.39 Å². The summed E-state index contributed by atoms with van der Waals surface area (Å²) in [6, 6.07) is 4.36. The molecule has 1 fully saturated rings. The Morgan fingerprint density at radius 3 is 3.10 bits per heavy atom. The number of morpholine rings is 1. The maximum atomic E-state index is 13.8. The molecule has 1 aliphatic rings. The standard InChI is InChI=1S/C14H20FN3O2/c1-2-17-14(19)13-9-20-7-6-18(13)12-5-3-4-11(15)10(12)8-16/h3-5,13H,2,6-9,16H2,1H3,(H,17,19). The van der Waals surface area contributed by atoms with E-state index in [0.29, 0.717) is 37.6 Å². The smallest absolute Gasteiger partial charge is 0.245 e. The molecule has 1 aromatic rings. The number of halogens is 1. The number of rotatable bonds is 4. The van der Waals surface area contributed by atoms with Gasteiger partial charge in [-0.05, 0) is 19.1 Å². The molecule has 5 nitrogen and oxygen atoms in total. The molecule has 0 bridgehead atoms. The van der Waals surface area contributed by atoms with E-state index in [0.717, 1.165) is 0 Å². The average Bonchev–Trinajstić information content (AvgIpc) is 2.47. The molecule has 1 atom stereocenters. The van der Waals surface area contributed by atoms with Gasteiger partial charge in [0.1, 0.15) is 11.9 Å². The minimum atomic E-state index is -0.448. The van der Waals surface area contributed by atoms with Crippen molar-refractivity contribution in [2.75, 3.05) is 31.2 Å². The highest BCUT2D eigenvalue weighted by atomic mass is 19.1. The first-order valence-electron chi connectivity index (χ1n) is 6.78. The first kappa shape index (κ1) is 14.7. The summed E-state index contributed by atoms with van der Waals surface area (Å²) in [6.45, 7) is 3.86. The van der Waals surface area contributed by atoms with E-state index in [1.807, 2.05) is 11.8 Å². The van der Waals surface area contributed by atoms with E-state index in [-0.39, 0.29) is 18.3 Å². The van der Waals surface area contributed by atoms with Crippen LogP contribution >= 0.6 is 0 Å². The molecular formula is C14H20FN3O2. The highest BCUT2D eigenvalue weighted by Crippen LogP contribution is 2.26. The number of amides is 1. The van der Waals surface area contributed by atoms with E-state index < -0.39 is 6.04 Å². The number of likely N-dealkylation sites (N-methyl/N-ethyl adjacent to an activating group) is 1. The summed E-state index contributed by atoms with van der Waals surface area (Å²) in [4.78, 5) is 14.0. The predicted octanol–water partition coefficient (Wildman–Crippen LogP) is 0.626. The zero-order valence-corrected chi connectivity index (χ0v) is 11.6. The van der Waals surface area contributed by atoms with Crippen molar-refractivity contribution in [3.8, 4) is 0 Å². The van der Waals surface area contributed by atoms with Crippen LogP contribution in [0.15, 0.2) is 18.2 Å². The SMILES string of the molecule is CCNC(=O)C1COCCN1c1cccc(F)c1CN. The van der Waals surface area contributed by atoms with Crippen LogP contribution in [0.4, 0.5) is 10.1 Å². The van der Waals surface area contributed by atoms with Gasteiger partial charge in [-0.15, -0.1) is 0 Å². The van der Waals surface area contributed by atoms with E-state index >= 15 is 0 Å². The second-order valence-electron chi connectivity index (χ2n) is 4.62. The molecule has 1 unspecified atom stereocenters. The minimum Gasteiger partial charge on any atom is -0.377 e. The summed E-state index contributed by atoms with van der Waals surface area (Å²) >= 11 is 0. The third kappa shape index (κ3) is 2.91. The second kappa shape index (κ2) is 6.67. The van der Waals surface area contributed by atoms with E-state index in [4.69, 9.17) is 10.5 Å². The van der Waals surface area contributed by atoms with Crippen molar-refractivity contribution in [2.24, 2.45) is 5.73 Å². The van der Waals surface area contributed by atoms with Crippen LogP contribution in [0, 0.1) is 5.82 Å². The Balaban J connectivity index is 2.32. The molecule has 6 heteroatoms. The highest BCUT2D eigenvalue weighted by Gasteiger charge is 2.30. The number of nitrogens with two attached hydrogens (primary N) is 1. The Bertz CT molecular complexity index is 481. The third-order valence-corrected chi connectivity index (χ3v) is 3.39. The minimum absolute atomic E-state index is 0.0987. The topological polar surface area (TPSA) is 67.6 Å². The van der Waals surface area contributed by atoms with Gasteiger partial charge in [0, 0.05) is 30.9 Å². The number of nitrogens with one attached hydrogen (secondary N) is 1. The zero-order valence-electron chi connectivity index (χ0n) is 11.6. The van der Waals surface area contributed by atoms with Gasteiger partial charge in [0.15, 0.2) is 0 Å². The summed E-state index contributed by atoms with van der Waals surface area (Å²) in [5.41, 5.74) is 6.75. The third-order valence-electron chi connectivity index (χ3n) is 3.39. The van der Waals surface area contributed by atoms with Crippen molar-refractivity contribution < 1.29 is 13.9 Å². The molecule has 0 spiro atoms. The van der Waals surface area contributed by atoms with Gasteiger partial charge in [0.2, 0.25) is 5.91 Å². The quantitative estimate of drug-likeness (QED) is 0.849. The van der Waals surface area contributed by atoms with Crippen molar-refractivity contribution >= 4 is 11.6 Å². The van der Waals surface area contributed by atoms with Gasteiger partial charge in [0.05, 0.1) is 13.2 Å². The number of hydrogen-bond acceptors (Lipinski definition) is 4. The molecule has 1 aliphatic heterocycles. The Kier molecular flexibility index (Phi) is 4.92. The second-order valence-corrected chi connectivity index (χ2v) is 4.62. The lowest BCUT2D eigenvalue weighted by molar-refractivity contribution is -0.124. The molecule has 1 saturated heterocycles. The lowest BCUT2D eigenvalue weighted by Crippen LogP contribution is -2.54. The molecule has 110 valence electrons. The predicted molar refractivity (Wildman–Crippen MR) is 74.9 cm³/mol. The molecule has 0 aliphatic carbocycles. The highest BCUT2D eigenvalue weighted by molar-refractivity contribution is 5.86. The van der Waals surface area contributed by atoms with Gasteiger partial charge < -0.3 is 20.7 Å². The Hall–Kier alpha value is -1.66. The van der Waals surface area contributed by atoms with Crippen LogP contribution in [0.2, 0.25) is 0 Å². The molecule has 2 rings (SSSR count). The van der Waals surface area contributed by atoms with Crippen LogP contribution in [-0.4, -0.2) is 38.3 Å². The van der Waals surface area contributed by atoms with Crippen LogP contribution in [0.1, 0.15) is 12.5 Å². The lowest BCUT2D eigenvalue weighted by Gasteiger charge is -2.37. The first-order chi connectivity index (χ1) is 9.69. The van der Waals surface area contributed by atoms with Gasteiger partial charge in [-0.1, -0.05) is 6.07 Å². The van der Waals surface area contributed by atoms with E-state index in [9.17, 15) is 9.18 Å². The molecule has 3 N–H and O–H groups in total. The molecule has 20 heavy (non-hydrogen) atoms. The maximum Gasteiger partial charge on any atom is 0.245 e. The largest absolute Gasteiger partial charge is 0.377 e. The molecule has 0 saturated carbocycles.